The molecule has 1 fully saturated rings. The van der Waals surface area contributed by atoms with Crippen molar-refractivity contribution in [1.82, 2.24) is 4.90 Å². The zero-order valence-electron chi connectivity index (χ0n) is 12.1. The van der Waals surface area contributed by atoms with Crippen molar-refractivity contribution in [2.45, 2.75) is 39.3 Å². The average molecular weight is 281 g/mol. The van der Waals surface area contributed by atoms with Gasteiger partial charge in [-0.3, -0.25) is 19.2 Å². The molecule has 0 N–H and O–H groups in total. The van der Waals surface area contributed by atoms with E-state index in [1.54, 1.807) is 20.8 Å². The molecule has 1 aliphatic rings. The summed E-state index contributed by atoms with van der Waals surface area (Å²) < 4.78 is 5.11. The van der Waals surface area contributed by atoms with E-state index in [9.17, 15) is 19.2 Å². The number of aldehydes is 1. The largest absolute Gasteiger partial charge is 0.459 e. The number of ether oxygens (including phenoxy) is 1. The minimum Gasteiger partial charge on any atom is -0.459 e. The first-order chi connectivity index (χ1) is 9.08. The first-order valence-electron chi connectivity index (χ1n) is 6.25. The predicted molar refractivity (Wildman–Crippen MR) is 70.7 cm³/mol. The zero-order valence-corrected chi connectivity index (χ0v) is 12.1. The zero-order chi connectivity index (χ0) is 15.7. The molecule has 110 valence electrons. The molecule has 1 saturated heterocycles. The third kappa shape index (κ3) is 3.31. The lowest BCUT2D eigenvalue weighted by Gasteiger charge is -2.45. The number of likely N-dealkylation sites (tertiary alicyclic amines) is 1. The van der Waals surface area contributed by atoms with Crippen molar-refractivity contribution in [3.8, 4) is 0 Å². The van der Waals surface area contributed by atoms with E-state index >= 15 is 0 Å². The van der Waals surface area contributed by atoms with E-state index in [4.69, 9.17) is 4.74 Å². The molecule has 0 aromatic carbocycles. The number of Topliss-reactive ketones (excluding diaryl/α,β-unsaturated/α-hetero) is 1. The summed E-state index contributed by atoms with van der Waals surface area (Å²) in [6.07, 6.45) is 0.495. The molecule has 0 unspecified atom stereocenters. The first kappa shape index (κ1) is 16.1. The third-order valence-corrected chi connectivity index (χ3v) is 2.89. The Kier molecular flexibility index (Phi) is 4.47. The van der Waals surface area contributed by atoms with Crippen molar-refractivity contribution in [2.24, 2.45) is 5.92 Å². The highest BCUT2D eigenvalue weighted by molar-refractivity contribution is 6.08. The minimum atomic E-state index is -0.921. The summed E-state index contributed by atoms with van der Waals surface area (Å²) in [5, 5.41) is 0. The van der Waals surface area contributed by atoms with Crippen molar-refractivity contribution in [3.63, 3.8) is 0 Å². The summed E-state index contributed by atoms with van der Waals surface area (Å²) in [7, 11) is 0. The maximum absolute atomic E-state index is 11.9. The van der Waals surface area contributed by atoms with E-state index in [1.165, 1.54) is 6.92 Å². The fraction of sp³-hybridized carbons (Fsp3) is 0.571. The van der Waals surface area contributed by atoms with Crippen LogP contribution in [0.25, 0.3) is 0 Å². The summed E-state index contributed by atoms with van der Waals surface area (Å²) >= 11 is 0. The molecule has 6 heteroatoms. The molecule has 0 aliphatic carbocycles. The molecule has 1 amide bonds. The molecule has 1 rings (SSSR count). The topological polar surface area (TPSA) is 80.8 Å². The summed E-state index contributed by atoms with van der Waals surface area (Å²) in [5.74, 6) is -2.33. The first-order valence-corrected chi connectivity index (χ1v) is 6.25. The lowest BCUT2D eigenvalue weighted by atomic mass is 9.80. The van der Waals surface area contributed by atoms with Crippen LogP contribution in [0.15, 0.2) is 12.2 Å². The van der Waals surface area contributed by atoms with Gasteiger partial charge < -0.3 is 9.64 Å². The van der Waals surface area contributed by atoms with Gasteiger partial charge in [-0.05, 0) is 27.7 Å². The predicted octanol–water partition coefficient (Wildman–Crippen LogP) is 0.499. The number of carbonyl (C=O) groups is 4. The van der Waals surface area contributed by atoms with Crippen LogP contribution in [-0.4, -0.2) is 47.0 Å². The van der Waals surface area contributed by atoms with Gasteiger partial charge in [0.25, 0.3) is 0 Å². The second-order valence-corrected chi connectivity index (χ2v) is 5.78. The standard InChI is InChI=1S/C14H19NO5/c1-8(7-16)12-11(9(2)17)13(19)15(12)6-10(18)20-14(3,4)5/h7,11-12H,1,6H2,2-5H3/t11-,12-/m1/s1. The Morgan fingerprint density at radius 1 is 1.40 bits per heavy atom. The van der Waals surface area contributed by atoms with Crippen molar-refractivity contribution in [3.05, 3.63) is 12.2 Å². The van der Waals surface area contributed by atoms with E-state index in [1.807, 2.05) is 0 Å². The highest BCUT2D eigenvalue weighted by atomic mass is 16.6. The van der Waals surface area contributed by atoms with Gasteiger partial charge in [-0.15, -0.1) is 0 Å². The van der Waals surface area contributed by atoms with Crippen LogP contribution >= 0.6 is 0 Å². The second-order valence-electron chi connectivity index (χ2n) is 5.78. The number of amides is 1. The average Bonchev–Trinajstić information content (AvgIpc) is 2.28. The van der Waals surface area contributed by atoms with E-state index in [-0.39, 0.29) is 17.9 Å². The van der Waals surface area contributed by atoms with Gasteiger partial charge in [-0.2, -0.15) is 0 Å². The van der Waals surface area contributed by atoms with Gasteiger partial charge in [0.15, 0.2) is 0 Å². The molecule has 6 nitrogen and oxygen atoms in total. The Morgan fingerprint density at radius 2 is 1.95 bits per heavy atom. The molecule has 0 aromatic heterocycles. The molecule has 0 spiro atoms. The molecule has 2 atom stereocenters. The molecule has 0 bridgehead atoms. The van der Waals surface area contributed by atoms with E-state index in [0.29, 0.717) is 6.29 Å². The van der Waals surface area contributed by atoms with Gasteiger partial charge in [0, 0.05) is 5.57 Å². The fourth-order valence-electron chi connectivity index (χ4n) is 2.12. The van der Waals surface area contributed by atoms with Gasteiger partial charge in [0.2, 0.25) is 5.91 Å². The number of ketones is 1. The van der Waals surface area contributed by atoms with Crippen LogP contribution in [0.2, 0.25) is 0 Å². The number of hydrogen-bond acceptors (Lipinski definition) is 5. The Balaban J connectivity index is 2.81. The lowest BCUT2D eigenvalue weighted by molar-refractivity contribution is -0.170. The molecule has 0 saturated carbocycles. The van der Waals surface area contributed by atoms with Crippen LogP contribution in [0.5, 0.6) is 0 Å². The van der Waals surface area contributed by atoms with Gasteiger partial charge in [0.05, 0.1) is 6.04 Å². The SMILES string of the molecule is C=C(C=O)[C@@H]1[C@@H](C(C)=O)C(=O)N1CC(=O)OC(C)(C)C. The number of esters is 1. The number of carbonyl (C=O) groups excluding carboxylic acids is 4. The van der Waals surface area contributed by atoms with Crippen molar-refractivity contribution in [1.29, 1.82) is 0 Å². The monoisotopic (exact) mass is 281 g/mol. The highest BCUT2D eigenvalue weighted by Crippen LogP contribution is 2.31. The number of hydrogen-bond donors (Lipinski definition) is 0. The van der Waals surface area contributed by atoms with Crippen molar-refractivity contribution >= 4 is 23.9 Å². The van der Waals surface area contributed by atoms with Gasteiger partial charge in [-0.25, -0.2) is 0 Å². The normalized spacial score (nSPS) is 22.0. The number of β-lactam (4-membered cyclic amide) rings is 1. The van der Waals surface area contributed by atoms with E-state index < -0.39 is 29.4 Å². The van der Waals surface area contributed by atoms with Crippen LogP contribution in [-0.2, 0) is 23.9 Å². The third-order valence-electron chi connectivity index (χ3n) is 2.89. The minimum absolute atomic E-state index is 0.105. The number of rotatable bonds is 5. The summed E-state index contributed by atoms with van der Waals surface area (Å²) in [4.78, 5) is 47.0. The van der Waals surface area contributed by atoms with Crippen LogP contribution in [0.1, 0.15) is 27.7 Å². The van der Waals surface area contributed by atoms with Crippen LogP contribution < -0.4 is 0 Å². The Labute approximate surface area is 117 Å². The molecular formula is C14H19NO5. The molecule has 0 aromatic rings. The molecular weight excluding hydrogens is 262 g/mol. The second kappa shape index (κ2) is 5.56. The number of nitrogens with zero attached hydrogens (tertiary/aromatic N) is 1. The molecule has 1 aliphatic heterocycles. The van der Waals surface area contributed by atoms with Crippen LogP contribution in [0.4, 0.5) is 0 Å². The van der Waals surface area contributed by atoms with Gasteiger partial charge in [-0.1, -0.05) is 6.58 Å². The van der Waals surface area contributed by atoms with Crippen molar-refractivity contribution in [2.75, 3.05) is 6.54 Å². The van der Waals surface area contributed by atoms with Gasteiger partial charge >= 0.3 is 5.97 Å². The summed E-state index contributed by atoms with van der Waals surface area (Å²) in [6.45, 7) is 9.64. The van der Waals surface area contributed by atoms with E-state index in [0.717, 1.165) is 4.90 Å². The molecule has 1 heterocycles. The van der Waals surface area contributed by atoms with Crippen LogP contribution in [0.3, 0.4) is 0 Å². The maximum Gasteiger partial charge on any atom is 0.326 e. The highest BCUT2D eigenvalue weighted by Gasteiger charge is 2.51. The summed E-state index contributed by atoms with van der Waals surface area (Å²) in [5.41, 5.74) is -0.560. The lowest BCUT2D eigenvalue weighted by Crippen LogP contribution is -2.65. The fourth-order valence-corrected chi connectivity index (χ4v) is 2.12. The smallest absolute Gasteiger partial charge is 0.326 e. The maximum atomic E-state index is 11.9. The van der Waals surface area contributed by atoms with Gasteiger partial charge in [0.1, 0.15) is 30.1 Å². The van der Waals surface area contributed by atoms with E-state index in [2.05, 4.69) is 6.58 Å². The Hall–Kier alpha value is -1.98. The molecule has 20 heavy (non-hydrogen) atoms. The Morgan fingerprint density at radius 3 is 2.35 bits per heavy atom. The summed E-state index contributed by atoms with van der Waals surface area (Å²) in [6, 6.07) is -0.745. The quantitative estimate of drug-likeness (QED) is 0.241. The van der Waals surface area contributed by atoms with Crippen LogP contribution in [0, 0.1) is 5.92 Å². The molecule has 0 radical (unpaired) electrons. The Bertz CT molecular complexity index is 474. The van der Waals surface area contributed by atoms with Crippen molar-refractivity contribution < 1.29 is 23.9 Å².